The Bertz CT molecular complexity index is 987. The number of hydrogen-bond donors (Lipinski definition) is 0. The molecular formula is C23H27N3O3. The Kier molecular flexibility index (Phi) is 3.03. The minimum atomic E-state index is -0.785. The Balaban J connectivity index is 1.60. The van der Waals surface area contributed by atoms with Gasteiger partial charge in [0.05, 0.1) is 7.11 Å². The topological polar surface area (TPSA) is 62.2 Å². The minimum Gasteiger partial charge on any atom is -0.483 e. The van der Waals surface area contributed by atoms with Crippen LogP contribution in [0.5, 0.6) is 0 Å². The lowest BCUT2D eigenvalue weighted by atomic mass is 9.58. The van der Waals surface area contributed by atoms with Crippen LogP contribution >= 0.6 is 0 Å². The lowest BCUT2D eigenvalue weighted by Crippen LogP contribution is -2.71. The summed E-state index contributed by atoms with van der Waals surface area (Å²) in [6, 6.07) is 8.19. The number of ether oxygens (including phenoxy) is 1. The first-order chi connectivity index (χ1) is 13.9. The van der Waals surface area contributed by atoms with Crippen LogP contribution in [0.15, 0.2) is 29.3 Å². The molecule has 0 aromatic heterocycles. The van der Waals surface area contributed by atoms with Crippen molar-refractivity contribution in [3.8, 4) is 0 Å². The van der Waals surface area contributed by atoms with Crippen molar-refractivity contribution in [2.45, 2.75) is 56.0 Å². The smallest absolute Gasteiger partial charge is 0.251 e. The number of fused-ring (bicyclic) bond motifs is 2. The fourth-order valence-electron chi connectivity index (χ4n) is 7.73. The Morgan fingerprint density at radius 3 is 2.83 bits per heavy atom. The molecule has 1 saturated carbocycles. The molecule has 1 aromatic rings. The first kappa shape index (κ1) is 17.5. The van der Waals surface area contributed by atoms with Gasteiger partial charge in [-0.1, -0.05) is 32.0 Å². The standard InChI is InChI=1S/C23H27N3O3/c1-20(2)17-11-22-9-6-10-26(22)19(28)23(17,24-18(22)29-3)12-21(20)13-25(14-27)16-8-5-4-7-15(16)21/h4-5,7-8,14,17H,6,9-13H2,1-3H3/t17-,21-,22+,23+/m0/s1. The molecule has 3 spiro atoms. The predicted molar refractivity (Wildman–Crippen MR) is 109 cm³/mol. The number of nitrogens with zero attached hydrogens (tertiary/aromatic N) is 3. The monoisotopic (exact) mass is 393 g/mol. The van der Waals surface area contributed by atoms with Crippen LogP contribution in [0.1, 0.15) is 45.1 Å². The summed E-state index contributed by atoms with van der Waals surface area (Å²) in [5.74, 6) is 1.06. The maximum Gasteiger partial charge on any atom is 0.251 e. The number of rotatable bonds is 1. The quantitative estimate of drug-likeness (QED) is 0.689. The molecule has 152 valence electrons. The van der Waals surface area contributed by atoms with Gasteiger partial charge in [-0.25, -0.2) is 4.99 Å². The van der Waals surface area contributed by atoms with Crippen molar-refractivity contribution in [2.24, 2.45) is 16.3 Å². The normalized spacial score (nSPS) is 40.7. The third-order valence-corrected chi connectivity index (χ3v) is 9.09. The molecule has 29 heavy (non-hydrogen) atoms. The molecule has 6 heteroatoms. The summed E-state index contributed by atoms with van der Waals surface area (Å²) in [7, 11) is 1.69. The van der Waals surface area contributed by atoms with Crippen molar-refractivity contribution in [1.29, 1.82) is 0 Å². The van der Waals surface area contributed by atoms with Gasteiger partial charge in [-0.15, -0.1) is 0 Å². The van der Waals surface area contributed by atoms with Gasteiger partial charge in [-0.3, -0.25) is 9.59 Å². The van der Waals surface area contributed by atoms with E-state index in [2.05, 4.69) is 24.8 Å². The van der Waals surface area contributed by atoms with Crippen LogP contribution < -0.4 is 4.90 Å². The molecule has 2 saturated heterocycles. The van der Waals surface area contributed by atoms with Gasteiger partial charge in [0.25, 0.3) is 5.91 Å². The van der Waals surface area contributed by atoms with Crippen LogP contribution in [0.2, 0.25) is 0 Å². The second kappa shape index (κ2) is 5.02. The maximum absolute atomic E-state index is 13.9. The Morgan fingerprint density at radius 2 is 2.07 bits per heavy atom. The number of hydrogen-bond acceptors (Lipinski definition) is 4. The zero-order valence-corrected chi connectivity index (χ0v) is 17.3. The van der Waals surface area contributed by atoms with Crippen molar-refractivity contribution < 1.29 is 14.3 Å². The summed E-state index contributed by atoms with van der Waals surface area (Å²) in [4.78, 5) is 34.8. The number of anilines is 1. The van der Waals surface area contributed by atoms with Crippen molar-refractivity contribution in [2.75, 3.05) is 25.1 Å². The Hall–Kier alpha value is -2.37. The van der Waals surface area contributed by atoms with Crippen molar-refractivity contribution in [1.82, 2.24) is 4.90 Å². The third-order valence-electron chi connectivity index (χ3n) is 9.09. The zero-order valence-electron chi connectivity index (χ0n) is 17.3. The number of carbonyl (C=O) groups excluding carboxylic acids is 2. The second-order valence-corrected chi connectivity index (χ2v) is 10.1. The number of amides is 2. The molecule has 5 aliphatic heterocycles. The van der Waals surface area contributed by atoms with E-state index >= 15 is 0 Å². The van der Waals surface area contributed by atoms with Crippen LogP contribution in [0.25, 0.3) is 0 Å². The van der Waals surface area contributed by atoms with Crippen LogP contribution in [-0.4, -0.2) is 54.4 Å². The molecule has 6 nitrogen and oxygen atoms in total. The van der Waals surface area contributed by atoms with Crippen LogP contribution in [0.3, 0.4) is 0 Å². The lowest BCUT2D eigenvalue weighted by molar-refractivity contribution is -0.151. The highest BCUT2D eigenvalue weighted by Crippen LogP contribution is 2.71. The predicted octanol–water partition coefficient (Wildman–Crippen LogP) is 2.51. The van der Waals surface area contributed by atoms with Gasteiger partial charge in [-0.2, -0.15) is 0 Å². The Morgan fingerprint density at radius 1 is 1.28 bits per heavy atom. The van der Waals surface area contributed by atoms with E-state index < -0.39 is 5.54 Å². The van der Waals surface area contributed by atoms with E-state index in [-0.39, 0.29) is 28.2 Å². The van der Waals surface area contributed by atoms with Gasteiger partial charge in [0, 0.05) is 30.1 Å². The lowest BCUT2D eigenvalue weighted by Gasteiger charge is -2.56. The summed E-state index contributed by atoms with van der Waals surface area (Å²) < 4.78 is 5.80. The molecule has 4 atom stereocenters. The molecule has 6 aliphatic rings. The van der Waals surface area contributed by atoms with E-state index in [1.165, 1.54) is 5.56 Å². The molecule has 1 aliphatic carbocycles. The van der Waals surface area contributed by atoms with Crippen LogP contribution in [0.4, 0.5) is 5.69 Å². The molecule has 0 N–H and O–H groups in total. The van der Waals surface area contributed by atoms with Gasteiger partial charge in [0.15, 0.2) is 0 Å². The van der Waals surface area contributed by atoms with Crippen LogP contribution in [-0.2, 0) is 19.7 Å². The largest absolute Gasteiger partial charge is 0.483 e. The average molecular weight is 393 g/mol. The fraction of sp³-hybridized carbons (Fsp3) is 0.609. The van der Waals surface area contributed by atoms with Gasteiger partial charge in [0.1, 0.15) is 11.1 Å². The number of piperidine rings is 1. The summed E-state index contributed by atoms with van der Waals surface area (Å²) in [6.07, 6.45) is 4.41. The van der Waals surface area contributed by atoms with Gasteiger partial charge < -0.3 is 14.5 Å². The first-order valence-electron chi connectivity index (χ1n) is 10.6. The SMILES string of the molecule is COC1=N[C@]23C[C@@]4(CN(C=O)c5ccccc54)C(C)(C)[C@@H]2C[C@]12CCCN2C3=O. The van der Waals surface area contributed by atoms with Gasteiger partial charge in [0.2, 0.25) is 12.3 Å². The summed E-state index contributed by atoms with van der Waals surface area (Å²) >= 11 is 0. The average Bonchev–Trinajstić information content (AvgIpc) is 3.35. The number of para-hydroxylation sites is 1. The molecular weight excluding hydrogens is 366 g/mol. The third kappa shape index (κ3) is 1.63. The number of aliphatic imine (C=N–C) groups is 1. The Labute approximate surface area is 170 Å². The maximum atomic E-state index is 13.9. The highest BCUT2D eigenvalue weighted by Gasteiger charge is 2.78. The van der Waals surface area contributed by atoms with Crippen molar-refractivity contribution in [3.05, 3.63) is 29.8 Å². The van der Waals surface area contributed by atoms with E-state index in [4.69, 9.17) is 9.73 Å². The molecule has 0 radical (unpaired) electrons. The number of benzene rings is 1. The molecule has 1 aromatic carbocycles. The van der Waals surface area contributed by atoms with E-state index in [0.717, 1.165) is 43.8 Å². The zero-order chi connectivity index (χ0) is 20.2. The van der Waals surface area contributed by atoms with Gasteiger partial charge in [-0.05, 0) is 42.7 Å². The highest BCUT2D eigenvalue weighted by atomic mass is 16.5. The van der Waals surface area contributed by atoms with E-state index in [1.54, 1.807) is 7.11 Å². The second-order valence-electron chi connectivity index (χ2n) is 10.1. The first-order valence-corrected chi connectivity index (χ1v) is 10.6. The van der Waals surface area contributed by atoms with Crippen LogP contribution in [0, 0.1) is 11.3 Å². The summed E-state index contributed by atoms with van der Waals surface area (Å²) in [6.45, 7) is 5.99. The van der Waals surface area contributed by atoms with E-state index in [1.807, 2.05) is 23.1 Å². The van der Waals surface area contributed by atoms with Crippen molar-refractivity contribution >= 4 is 23.9 Å². The highest BCUT2D eigenvalue weighted by molar-refractivity contribution is 6.04. The van der Waals surface area contributed by atoms with Gasteiger partial charge >= 0.3 is 0 Å². The molecule has 2 bridgehead atoms. The number of methoxy groups -OCH3 is 1. The molecule has 3 fully saturated rings. The van der Waals surface area contributed by atoms with E-state index in [9.17, 15) is 9.59 Å². The molecule has 5 heterocycles. The summed E-state index contributed by atoms with van der Waals surface area (Å²) in [5, 5.41) is 0. The van der Waals surface area contributed by atoms with E-state index in [0.29, 0.717) is 13.0 Å². The fourth-order valence-corrected chi connectivity index (χ4v) is 7.73. The minimum absolute atomic E-state index is 0.135. The number of carbonyl (C=O) groups is 2. The summed E-state index contributed by atoms with van der Waals surface area (Å²) in [5.41, 5.74) is 0.529. The molecule has 7 rings (SSSR count). The molecule has 0 unspecified atom stereocenters. The molecule has 2 amide bonds. The van der Waals surface area contributed by atoms with Crippen molar-refractivity contribution in [3.63, 3.8) is 0 Å².